The molecule has 0 N–H and O–H groups in total. The molecule has 0 aromatic rings. The van der Waals surface area contributed by atoms with Crippen LogP contribution in [0.5, 0.6) is 0 Å². The van der Waals surface area contributed by atoms with E-state index in [1.54, 1.807) is 0 Å². The van der Waals surface area contributed by atoms with Crippen LogP contribution in [0.3, 0.4) is 0 Å². The lowest BCUT2D eigenvalue weighted by molar-refractivity contribution is 0.506. The molecule has 0 unspecified atom stereocenters. The molecule has 0 radical (unpaired) electrons. The number of rotatable bonds is 5. The van der Waals surface area contributed by atoms with Crippen molar-refractivity contribution in [3.05, 3.63) is 25.1 Å². The molecule has 0 atom stereocenters. The van der Waals surface area contributed by atoms with E-state index < -0.39 is 0 Å². The van der Waals surface area contributed by atoms with Gasteiger partial charge in [0.05, 0.1) is 0 Å². The topological polar surface area (TPSA) is 3.24 Å². The molecule has 0 aromatic carbocycles. The number of alkyl halides is 1. The molecule has 10 heavy (non-hydrogen) atoms. The van der Waals surface area contributed by atoms with Crippen LogP contribution in [-0.2, 0) is 0 Å². The zero-order valence-corrected chi connectivity index (χ0v) is 8.54. The summed E-state index contributed by atoms with van der Waals surface area (Å²) >= 11 is 2.38. The molecular formula is C8H14IN. The molecular weight excluding hydrogens is 237 g/mol. The normalized spacial score (nSPS) is 10.2. The molecule has 0 rings (SSSR count). The Morgan fingerprint density at radius 3 is 2.70 bits per heavy atom. The lowest BCUT2D eigenvalue weighted by Gasteiger charge is -2.12. The fraction of sp³-hybridized carbons (Fsp3) is 0.500. The van der Waals surface area contributed by atoms with Gasteiger partial charge in [0.1, 0.15) is 0 Å². The summed E-state index contributed by atoms with van der Waals surface area (Å²) < 4.78 is 1.21. The number of hydrogen-bond acceptors (Lipinski definition) is 1. The summed E-state index contributed by atoms with van der Waals surface area (Å²) in [6.45, 7) is 6.80. The molecule has 0 amide bonds. The third-order valence-corrected chi connectivity index (χ3v) is 1.89. The van der Waals surface area contributed by atoms with Crippen molar-refractivity contribution in [1.29, 1.82) is 0 Å². The van der Waals surface area contributed by atoms with Crippen molar-refractivity contribution in [2.75, 3.05) is 11.0 Å². The van der Waals surface area contributed by atoms with Crippen LogP contribution in [0.4, 0.5) is 0 Å². The molecule has 0 bridgehead atoms. The van der Waals surface area contributed by atoms with Crippen molar-refractivity contribution < 1.29 is 0 Å². The fourth-order valence-electron chi connectivity index (χ4n) is 0.660. The second-order valence-corrected chi connectivity index (χ2v) is 3.02. The predicted molar refractivity (Wildman–Crippen MR) is 55.2 cm³/mol. The fourth-order valence-corrected chi connectivity index (χ4v) is 1.00. The molecule has 1 nitrogen and oxygen atoms in total. The van der Waals surface area contributed by atoms with E-state index in [0.29, 0.717) is 0 Å². The van der Waals surface area contributed by atoms with E-state index in [4.69, 9.17) is 0 Å². The zero-order valence-electron chi connectivity index (χ0n) is 6.39. The minimum absolute atomic E-state index is 1.08. The summed E-state index contributed by atoms with van der Waals surface area (Å²) in [4.78, 5) is 2.10. The van der Waals surface area contributed by atoms with Gasteiger partial charge in [0.25, 0.3) is 0 Å². The maximum Gasteiger partial charge on any atom is 0.0226 e. The molecule has 0 saturated heterocycles. The van der Waals surface area contributed by atoms with Crippen LogP contribution in [0.2, 0.25) is 0 Å². The van der Waals surface area contributed by atoms with Gasteiger partial charge in [0.2, 0.25) is 0 Å². The first-order valence-corrected chi connectivity index (χ1v) is 4.94. The van der Waals surface area contributed by atoms with Crippen molar-refractivity contribution in [3.63, 3.8) is 0 Å². The van der Waals surface area contributed by atoms with E-state index in [2.05, 4.69) is 34.1 Å². The highest BCUT2D eigenvalue weighted by molar-refractivity contribution is 14.1. The second-order valence-electron chi connectivity index (χ2n) is 1.95. The highest BCUT2D eigenvalue weighted by Gasteiger charge is 1.89. The zero-order chi connectivity index (χ0) is 7.82. The summed E-state index contributed by atoms with van der Waals surface area (Å²) in [6.07, 6.45) is 7.14. The summed E-state index contributed by atoms with van der Waals surface area (Å²) in [5.74, 6) is 0. The molecule has 0 heterocycles. The van der Waals surface area contributed by atoms with Gasteiger partial charge in [-0.25, -0.2) is 0 Å². The minimum Gasteiger partial charge on any atom is -0.355 e. The quantitative estimate of drug-likeness (QED) is 0.536. The Morgan fingerprint density at radius 2 is 2.30 bits per heavy atom. The third kappa shape index (κ3) is 4.85. The van der Waals surface area contributed by atoms with Gasteiger partial charge in [-0.1, -0.05) is 35.2 Å². The Hall–Kier alpha value is 0.01000. The van der Waals surface area contributed by atoms with Crippen molar-refractivity contribution in [2.24, 2.45) is 0 Å². The number of nitrogens with zero attached hydrogens (tertiary/aromatic N) is 1. The van der Waals surface area contributed by atoms with E-state index in [1.807, 2.05) is 25.4 Å². The molecule has 0 saturated carbocycles. The summed E-state index contributed by atoms with van der Waals surface area (Å²) in [7, 11) is 0. The van der Waals surface area contributed by atoms with Crippen LogP contribution in [0.1, 0.15) is 13.3 Å². The van der Waals surface area contributed by atoms with Gasteiger partial charge in [-0.2, -0.15) is 0 Å². The van der Waals surface area contributed by atoms with Crippen LogP contribution in [0.25, 0.3) is 0 Å². The monoisotopic (exact) mass is 251 g/mol. The Labute approximate surface area is 76.9 Å². The van der Waals surface area contributed by atoms with Crippen molar-refractivity contribution in [2.45, 2.75) is 13.3 Å². The molecule has 0 aliphatic rings. The van der Waals surface area contributed by atoms with Crippen molar-refractivity contribution >= 4 is 22.6 Å². The Kier molecular flexibility index (Phi) is 7.13. The van der Waals surface area contributed by atoms with E-state index in [0.717, 1.165) is 6.54 Å². The van der Waals surface area contributed by atoms with Gasteiger partial charge < -0.3 is 4.90 Å². The van der Waals surface area contributed by atoms with Crippen LogP contribution >= 0.6 is 22.6 Å². The summed E-state index contributed by atoms with van der Waals surface area (Å²) in [5, 5.41) is 0. The Morgan fingerprint density at radius 1 is 1.60 bits per heavy atom. The standard InChI is InChI=1S/C8H14IN/c1-3-7-10(4-2)8-5-6-9/h3-4,7H,2,5-6,8H2,1H3/b7-3-. The maximum atomic E-state index is 3.70. The van der Waals surface area contributed by atoms with E-state index in [-0.39, 0.29) is 0 Å². The van der Waals surface area contributed by atoms with Crippen LogP contribution in [0, 0.1) is 0 Å². The average molecular weight is 251 g/mol. The SMILES string of the molecule is C=CN(/C=C\C)CCCI. The molecule has 2 heteroatoms. The van der Waals surface area contributed by atoms with Crippen LogP contribution in [0.15, 0.2) is 25.1 Å². The predicted octanol–water partition coefficient (Wildman–Crippen LogP) is 2.79. The van der Waals surface area contributed by atoms with Gasteiger partial charge in [-0.15, -0.1) is 0 Å². The Bertz CT molecular complexity index is 110. The van der Waals surface area contributed by atoms with Crippen LogP contribution in [-0.4, -0.2) is 15.9 Å². The van der Waals surface area contributed by atoms with Gasteiger partial charge in [0, 0.05) is 11.0 Å². The first-order chi connectivity index (χ1) is 4.85. The minimum atomic E-state index is 1.08. The number of halogens is 1. The lowest BCUT2D eigenvalue weighted by Crippen LogP contribution is -2.10. The van der Waals surface area contributed by atoms with E-state index in [9.17, 15) is 0 Å². The van der Waals surface area contributed by atoms with Gasteiger partial charge >= 0.3 is 0 Å². The lowest BCUT2D eigenvalue weighted by atomic mass is 10.4. The summed E-state index contributed by atoms with van der Waals surface area (Å²) in [6, 6.07) is 0. The first kappa shape index (κ1) is 10.0. The smallest absolute Gasteiger partial charge is 0.0226 e. The van der Waals surface area contributed by atoms with Gasteiger partial charge in [-0.05, 0) is 25.7 Å². The summed E-state index contributed by atoms with van der Waals surface area (Å²) in [5.41, 5.74) is 0. The molecule has 0 spiro atoms. The largest absolute Gasteiger partial charge is 0.355 e. The highest BCUT2D eigenvalue weighted by atomic mass is 127. The van der Waals surface area contributed by atoms with Gasteiger partial charge in [-0.3, -0.25) is 0 Å². The van der Waals surface area contributed by atoms with E-state index >= 15 is 0 Å². The highest BCUT2D eigenvalue weighted by Crippen LogP contribution is 1.95. The second kappa shape index (κ2) is 7.12. The maximum absolute atomic E-state index is 3.70. The molecule has 0 aromatic heterocycles. The molecule has 0 aliphatic heterocycles. The molecule has 58 valence electrons. The number of hydrogen-bond donors (Lipinski definition) is 0. The van der Waals surface area contributed by atoms with Crippen molar-refractivity contribution in [3.8, 4) is 0 Å². The Balaban J connectivity index is 3.49. The van der Waals surface area contributed by atoms with Crippen LogP contribution < -0.4 is 0 Å². The van der Waals surface area contributed by atoms with E-state index in [1.165, 1.54) is 10.8 Å². The average Bonchev–Trinajstić information content (AvgIpc) is 1.98. The third-order valence-electron chi connectivity index (χ3n) is 1.12. The number of allylic oxidation sites excluding steroid dienone is 1. The first-order valence-electron chi connectivity index (χ1n) is 3.42. The molecule has 0 aliphatic carbocycles. The van der Waals surface area contributed by atoms with Gasteiger partial charge in [0.15, 0.2) is 0 Å². The molecule has 0 fully saturated rings. The van der Waals surface area contributed by atoms with Crippen molar-refractivity contribution in [1.82, 2.24) is 4.90 Å².